The SMILES string of the molecule is CCN(c1c(C)ccc2c1oc1ccccc12)[C@@H](C)N1CCCc2ccccc21. The Morgan fingerprint density at radius 1 is 1.00 bits per heavy atom. The highest BCUT2D eigenvalue weighted by Crippen LogP contribution is 2.39. The van der Waals surface area contributed by atoms with Gasteiger partial charge in [-0.2, -0.15) is 0 Å². The Bertz CT molecular complexity index is 1180. The Hall–Kier alpha value is -2.94. The molecule has 5 rings (SSSR count). The molecule has 29 heavy (non-hydrogen) atoms. The highest BCUT2D eigenvalue weighted by atomic mass is 16.3. The lowest BCUT2D eigenvalue weighted by molar-refractivity contribution is 0.562. The molecule has 0 radical (unpaired) electrons. The molecule has 0 saturated carbocycles. The molecule has 1 aromatic heterocycles. The number of para-hydroxylation sites is 2. The number of hydrogen-bond donors (Lipinski definition) is 0. The number of fused-ring (bicyclic) bond motifs is 4. The fourth-order valence-corrected chi connectivity index (χ4v) is 4.96. The first kappa shape index (κ1) is 18.1. The summed E-state index contributed by atoms with van der Waals surface area (Å²) in [5.41, 5.74) is 7.28. The fraction of sp³-hybridized carbons (Fsp3) is 0.308. The van der Waals surface area contributed by atoms with Gasteiger partial charge in [-0.3, -0.25) is 0 Å². The lowest BCUT2D eigenvalue weighted by Gasteiger charge is -2.43. The molecule has 1 atom stereocenters. The largest absolute Gasteiger partial charge is 0.454 e. The Balaban J connectivity index is 1.64. The summed E-state index contributed by atoms with van der Waals surface area (Å²) in [7, 11) is 0. The number of anilines is 2. The zero-order valence-electron chi connectivity index (χ0n) is 17.5. The molecule has 1 aliphatic heterocycles. The molecule has 0 amide bonds. The number of furan rings is 1. The standard InChI is InChI=1S/C26H28N2O/c1-4-27(19(3)28-17-9-11-20-10-5-7-13-23(20)28)25-18(2)15-16-22-21-12-6-8-14-24(21)29-26(22)25/h5-8,10,12-16,19H,4,9,11,17H2,1-3H3/t19-/m1/s1. The maximum Gasteiger partial charge on any atom is 0.159 e. The van der Waals surface area contributed by atoms with E-state index in [2.05, 4.69) is 85.2 Å². The number of rotatable bonds is 4. The first-order chi connectivity index (χ1) is 14.2. The molecule has 0 aliphatic carbocycles. The van der Waals surface area contributed by atoms with Gasteiger partial charge in [0.2, 0.25) is 0 Å². The van der Waals surface area contributed by atoms with Crippen LogP contribution in [0.2, 0.25) is 0 Å². The number of nitrogens with zero attached hydrogens (tertiary/aromatic N) is 2. The summed E-state index contributed by atoms with van der Waals surface area (Å²) < 4.78 is 6.39. The third-order valence-electron chi connectivity index (χ3n) is 6.40. The van der Waals surface area contributed by atoms with E-state index in [1.54, 1.807) is 0 Å². The van der Waals surface area contributed by atoms with E-state index >= 15 is 0 Å². The Labute approximate surface area is 172 Å². The molecular weight excluding hydrogens is 356 g/mol. The van der Waals surface area contributed by atoms with E-state index in [1.807, 2.05) is 6.07 Å². The van der Waals surface area contributed by atoms with Crippen LogP contribution in [0.4, 0.5) is 11.4 Å². The van der Waals surface area contributed by atoms with E-state index in [9.17, 15) is 0 Å². The van der Waals surface area contributed by atoms with Gasteiger partial charge in [0.1, 0.15) is 5.58 Å². The summed E-state index contributed by atoms with van der Waals surface area (Å²) in [6, 6.07) is 21.6. The van der Waals surface area contributed by atoms with Gasteiger partial charge in [0.25, 0.3) is 0 Å². The summed E-state index contributed by atoms with van der Waals surface area (Å²) in [5, 5.41) is 2.39. The third kappa shape index (κ3) is 2.88. The van der Waals surface area contributed by atoms with E-state index in [1.165, 1.54) is 46.1 Å². The monoisotopic (exact) mass is 384 g/mol. The summed E-state index contributed by atoms with van der Waals surface area (Å²) in [6.07, 6.45) is 2.62. The zero-order chi connectivity index (χ0) is 20.0. The molecule has 4 aromatic rings. The highest BCUT2D eigenvalue weighted by molar-refractivity contribution is 6.09. The lowest BCUT2D eigenvalue weighted by Crippen LogP contribution is -2.49. The van der Waals surface area contributed by atoms with Crippen LogP contribution in [-0.2, 0) is 6.42 Å². The van der Waals surface area contributed by atoms with E-state index in [4.69, 9.17) is 4.42 Å². The van der Waals surface area contributed by atoms with Crippen LogP contribution >= 0.6 is 0 Å². The van der Waals surface area contributed by atoms with Crippen LogP contribution in [0.25, 0.3) is 21.9 Å². The molecule has 0 bridgehead atoms. The summed E-state index contributed by atoms with van der Waals surface area (Å²) in [5.74, 6) is 0. The van der Waals surface area contributed by atoms with Crippen molar-refractivity contribution in [2.75, 3.05) is 22.9 Å². The van der Waals surface area contributed by atoms with Crippen LogP contribution < -0.4 is 9.80 Å². The molecule has 0 spiro atoms. The average molecular weight is 385 g/mol. The number of aryl methyl sites for hydroxylation is 2. The van der Waals surface area contributed by atoms with E-state index in [-0.39, 0.29) is 6.17 Å². The third-order valence-corrected chi connectivity index (χ3v) is 6.40. The normalized spacial score (nSPS) is 14.9. The van der Waals surface area contributed by atoms with Crippen molar-refractivity contribution < 1.29 is 4.42 Å². The first-order valence-electron chi connectivity index (χ1n) is 10.7. The van der Waals surface area contributed by atoms with Crippen LogP contribution in [0, 0.1) is 6.92 Å². The van der Waals surface area contributed by atoms with Gasteiger partial charge in [0, 0.05) is 29.5 Å². The molecule has 0 N–H and O–H groups in total. The van der Waals surface area contributed by atoms with Crippen molar-refractivity contribution in [2.24, 2.45) is 0 Å². The van der Waals surface area contributed by atoms with Crippen molar-refractivity contribution in [2.45, 2.75) is 39.8 Å². The van der Waals surface area contributed by atoms with Crippen molar-refractivity contribution in [3.63, 3.8) is 0 Å². The van der Waals surface area contributed by atoms with Gasteiger partial charge in [-0.1, -0.05) is 48.5 Å². The van der Waals surface area contributed by atoms with Crippen molar-refractivity contribution in [1.29, 1.82) is 0 Å². The van der Waals surface area contributed by atoms with Crippen LogP contribution in [0.1, 0.15) is 31.4 Å². The average Bonchev–Trinajstić information content (AvgIpc) is 3.13. The van der Waals surface area contributed by atoms with Crippen molar-refractivity contribution in [3.8, 4) is 0 Å². The predicted octanol–water partition coefficient (Wildman–Crippen LogP) is 6.52. The summed E-state index contributed by atoms with van der Waals surface area (Å²) >= 11 is 0. The van der Waals surface area contributed by atoms with Crippen molar-refractivity contribution in [3.05, 3.63) is 71.8 Å². The lowest BCUT2D eigenvalue weighted by atomic mass is 10.0. The second kappa shape index (κ2) is 7.14. The van der Waals surface area contributed by atoms with Gasteiger partial charge < -0.3 is 14.2 Å². The first-order valence-corrected chi connectivity index (χ1v) is 10.7. The molecule has 3 heteroatoms. The molecule has 0 fully saturated rings. The second-order valence-electron chi connectivity index (χ2n) is 8.05. The van der Waals surface area contributed by atoms with Crippen LogP contribution in [0.3, 0.4) is 0 Å². The second-order valence-corrected chi connectivity index (χ2v) is 8.05. The van der Waals surface area contributed by atoms with Crippen LogP contribution in [0.15, 0.2) is 65.1 Å². The molecular formula is C26H28N2O. The number of hydrogen-bond acceptors (Lipinski definition) is 3. The Kier molecular flexibility index (Phi) is 4.46. The van der Waals surface area contributed by atoms with E-state index in [0.717, 1.165) is 24.3 Å². The molecule has 3 aromatic carbocycles. The minimum absolute atomic E-state index is 0.249. The predicted molar refractivity (Wildman–Crippen MR) is 123 cm³/mol. The quantitative estimate of drug-likeness (QED) is 0.399. The molecule has 1 aliphatic rings. The van der Waals surface area contributed by atoms with Gasteiger partial charge >= 0.3 is 0 Å². The molecule has 3 nitrogen and oxygen atoms in total. The number of benzene rings is 3. The smallest absolute Gasteiger partial charge is 0.159 e. The molecule has 2 heterocycles. The van der Waals surface area contributed by atoms with Gasteiger partial charge in [-0.05, 0) is 56.9 Å². The van der Waals surface area contributed by atoms with Crippen molar-refractivity contribution in [1.82, 2.24) is 0 Å². The van der Waals surface area contributed by atoms with Crippen molar-refractivity contribution >= 4 is 33.3 Å². The minimum Gasteiger partial charge on any atom is -0.454 e. The van der Waals surface area contributed by atoms with Gasteiger partial charge in [-0.15, -0.1) is 0 Å². The summed E-state index contributed by atoms with van der Waals surface area (Å²) in [6.45, 7) is 8.78. The van der Waals surface area contributed by atoms with Gasteiger partial charge in [0.15, 0.2) is 5.58 Å². The van der Waals surface area contributed by atoms with E-state index < -0.39 is 0 Å². The fourth-order valence-electron chi connectivity index (χ4n) is 4.96. The maximum atomic E-state index is 6.39. The Morgan fingerprint density at radius 2 is 1.79 bits per heavy atom. The van der Waals surface area contributed by atoms with E-state index in [0.29, 0.717) is 0 Å². The highest BCUT2D eigenvalue weighted by Gasteiger charge is 2.28. The zero-order valence-corrected chi connectivity index (χ0v) is 17.5. The van der Waals surface area contributed by atoms with Gasteiger partial charge in [0.05, 0.1) is 11.9 Å². The maximum absolute atomic E-state index is 6.39. The van der Waals surface area contributed by atoms with Crippen LogP contribution in [0.5, 0.6) is 0 Å². The Morgan fingerprint density at radius 3 is 2.66 bits per heavy atom. The van der Waals surface area contributed by atoms with Gasteiger partial charge in [-0.25, -0.2) is 0 Å². The minimum atomic E-state index is 0.249. The topological polar surface area (TPSA) is 19.6 Å². The van der Waals surface area contributed by atoms with Crippen LogP contribution in [-0.4, -0.2) is 19.3 Å². The molecule has 148 valence electrons. The molecule has 0 saturated heterocycles. The summed E-state index contributed by atoms with van der Waals surface area (Å²) in [4.78, 5) is 5.06. The molecule has 0 unspecified atom stereocenters.